The highest BCUT2D eigenvalue weighted by atomic mass is 35.5. The van der Waals surface area contributed by atoms with Crippen molar-refractivity contribution in [3.8, 4) is 0 Å². The molecule has 0 aliphatic heterocycles. The van der Waals surface area contributed by atoms with Crippen molar-refractivity contribution in [1.29, 1.82) is 0 Å². The maximum Gasteiger partial charge on any atom is 0.157 e. The topological polar surface area (TPSA) is 58.2 Å². The van der Waals surface area contributed by atoms with Gasteiger partial charge in [0.1, 0.15) is 12.5 Å². The van der Waals surface area contributed by atoms with Crippen LogP contribution in [-0.4, -0.2) is 25.5 Å². The standard InChI is InChI=1S/2C13H16ClNO/c2*1-15-13(9-5-4-8-12(13)16)10-6-2-3-7-11(10)14/h2*2-3,6-7,15H,4-5,8-9H2,1H3/i2*1D3,4D2,5D2,8D2,9D2/hD. The molecule has 0 heterocycles. The van der Waals surface area contributed by atoms with E-state index in [2.05, 4.69) is 0 Å². The lowest BCUT2D eigenvalue weighted by molar-refractivity contribution is -0.128. The van der Waals surface area contributed by atoms with Crippen LogP contribution >= 0.6 is 23.2 Å². The summed E-state index contributed by atoms with van der Waals surface area (Å²) in [6, 6.07) is 9.69. The first kappa shape index (κ1) is 8.49. The van der Waals surface area contributed by atoms with E-state index in [1.165, 1.54) is 30.3 Å². The van der Waals surface area contributed by atoms with Crippen LogP contribution in [0.25, 0.3) is 0 Å². The number of likely N-dealkylation sites (N-methyl/N-ethyl adjacent to an activating group) is 2. The molecule has 2 aliphatic rings. The van der Waals surface area contributed by atoms with Gasteiger partial charge in [-0.25, -0.2) is 0 Å². The van der Waals surface area contributed by atoms with Gasteiger partial charge in [-0.15, -0.1) is 0 Å². The highest BCUT2D eigenvalue weighted by Gasteiger charge is 2.42. The van der Waals surface area contributed by atoms with Crippen molar-refractivity contribution >= 4 is 34.8 Å². The molecule has 0 saturated heterocycles. The van der Waals surface area contributed by atoms with E-state index in [0.717, 1.165) is 18.2 Å². The maximum atomic E-state index is 13.2. The van der Waals surface area contributed by atoms with Gasteiger partial charge in [-0.2, -0.15) is 0 Å². The molecule has 0 spiro atoms. The van der Waals surface area contributed by atoms with Crippen LogP contribution in [0.5, 0.6) is 0 Å². The van der Waals surface area contributed by atoms with E-state index in [9.17, 15) is 9.59 Å². The molecule has 2 saturated carbocycles. The Kier molecular flexibility index (Phi) is 2.90. The number of benzene rings is 2. The average molecular weight is 499 g/mol. The van der Waals surface area contributed by atoms with E-state index in [-0.39, 0.29) is 5.02 Å². The molecule has 4 rings (SSSR count). The van der Waals surface area contributed by atoms with E-state index in [4.69, 9.17) is 54.8 Å². The molecular formula is C26H32Cl2N2O2. The monoisotopic (exact) mass is 497 g/mol. The summed E-state index contributed by atoms with van der Waals surface area (Å²) in [6.45, 7) is -6.71. The molecule has 32 heavy (non-hydrogen) atoms. The predicted octanol–water partition coefficient (Wildman–Crippen LogP) is 5.80. The van der Waals surface area contributed by atoms with Crippen LogP contribution in [0.3, 0.4) is 0 Å². The molecule has 2 aliphatic carbocycles. The van der Waals surface area contributed by atoms with Crippen molar-refractivity contribution in [2.24, 2.45) is 0 Å². The lowest BCUT2D eigenvalue weighted by atomic mass is 9.75. The highest BCUT2D eigenvalue weighted by molar-refractivity contribution is 6.32. The number of carbonyl (C=O) groups is 2. The number of carbonyl (C=O) groups excluding carboxylic acids is 2. The van der Waals surface area contributed by atoms with Crippen LogP contribution in [-0.2, 0) is 20.7 Å². The van der Waals surface area contributed by atoms with Crippen LogP contribution in [0, 0.1) is 0 Å². The minimum atomic E-state index is -3.73. The quantitative estimate of drug-likeness (QED) is 0.560. The molecule has 0 aromatic heterocycles. The van der Waals surface area contributed by atoms with E-state index in [0.29, 0.717) is 0 Å². The molecule has 2 unspecified atom stereocenters. The normalized spacial score (nSPS) is 49.9. The molecule has 2 aromatic carbocycles. The van der Waals surface area contributed by atoms with Crippen LogP contribution in [0.2, 0.25) is 11.5 Å². The summed E-state index contributed by atoms with van der Waals surface area (Å²) in [5.41, 5.74) is -7.67. The second-order valence-electron chi connectivity index (χ2n) is 6.32. The zero-order valence-electron chi connectivity index (χ0n) is 39.1. The zero-order chi connectivity index (χ0) is 43.4. The summed E-state index contributed by atoms with van der Waals surface area (Å²) in [6.07, 6.45) is -29.1. The number of rotatable bonds is 4. The van der Waals surface area contributed by atoms with Crippen molar-refractivity contribution in [3.05, 3.63) is 69.7 Å². The fourth-order valence-corrected chi connectivity index (χ4v) is 3.46. The Hall–Kier alpha value is -1.72. The highest BCUT2D eigenvalue weighted by Crippen LogP contribution is 2.38. The number of hydrogen-bond acceptors (Lipinski definition) is 4. The summed E-state index contributed by atoms with van der Waals surface area (Å²) in [4.78, 5) is 26.4. The van der Waals surface area contributed by atoms with Crippen LogP contribution in [0.4, 0.5) is 0 Å². The van der Waals surface area contributed by atoms with Gasteiger partial charge in [0.05, 0.1) is 0 Å². The van der Waals surface area contributed by atoms with Crippen molar-refractivity contribution in [3.63, 3.8) is 0 Å². The van der Waals surface area contributed by atoms with Gasteiger partial charge in [-0.3, -0.25) is 9.59 Å². The van der Waals surface area contributed by atoms with Gasteiger partial charge in [-0.05, 0) is 62.7 Å². The zero-order valence-corrected chi connectivity index (χ0v) is 17.7. The van der Waals surface area contributed by atoms with Gasteiger partial charge in [0.25, 0.3) is 0 Å². The van der Waals surface area contributed by atoms with Crippen LogP contribution in [0.1, 0.15) is 92.3 Å². The maximum absolute atomic E-state index is 13.2. The number of halogens is 2. The Morgan fingerprint density at radius 2 is 1.31 bits per heavy atom. The van der Waals surface area contributed by atoms with Gasteiger partial charge >= 0.3 is 0 Å². The Morgan fingerprint density at radius 3 is 1.84 bits per heavy atom. The first-order valence-corrected chi connectivity index (χ1v) is 9.64. The van der Waals surface area contributed by atoms with Crippen molar-refractivity contribution < 1.29 is 41.2 Å². The fourth-order valence-electron chi connectivity index (χ4n) is 2.91. The molecule has 0 amide bonds. The summed E-state index contributed by atoms with van der Waals surface area (Å²) < 4.78 is 181. The lowest BCUT2D eigenvalue weighted by Crippen LogP contribution is -2.49. The molecule has 0 bridgehead atoms. The SMILES string of the molecule is [2H]C([2H])([2H])NC1(c2ccccc2Cl)C(=O)C([2H])([2H])C([2H])([2H])C([2H])([2H])C1([2H])[2H].[2H]N(C([2H])([2H])[2H])C1(c2ccccc2Cl)C(=O)C([2H])([2H])C([2H])([2H])C([2H])([2H])C1([2H])[2H]. The average Bonchev–Trinajstić information content (AvgIpc) is 3.02. The van der Waals surface area contributed by atoms with Crippen molar-refractivity contribution in [2.45, 2.75) is 62.1 Å². The largest absolute Gasteiger partial charge is 0.304 e. The molecule has 172 valence electrons. The first-order chi connectivity index (χ1) is 24.2. The number of nitrogens with one attached hydrogen (secondary N) is 2. The number of Topliss-reactive ketones (excluding diaryl/α,β-unsaturated/α-hetero) is 2. The minimum Gasteiger partial charge on any atom is -0.304 e. The molecule has 2 fully saturated rings. The summed E-state index contributed by atoms with van der Waals surface area (Å²) in [5, 5.41) is 0.558. The van der Waals surface area contributed by atoms with E-state index in [1.54, 1.807) is 5.32 Å². The fraction of sp³-hybridized carbons (Fsp3) is 0.462. The summed E-state index contributed by atoms with van der Waals surface area (Å²) in [5.74, 6) is -3.76. The molecule has 4 nitrogen and oxygen atoms in total. The Bertz CT molecular complexity index is 1850. The molecule has 2 aromatic rings. The van der Waals surface area contributed by atoms with Gasteiger partial charge < -0.3 is 10.6 Å². The van der Waals surface area contributed by atoms with Gasteiger partial charge in [0.2, 0.25) is 0 Å². The second-order valence-corrected chi connectivity index (χ2v) is 7.13. The molecule has 0 radical (unpaired) electrons. The molecule has 2 atom stereocenters. The molecule has 6 heteroatoms. The van der Waals surface area contributed by atoms with Crippen molar-refractivity contribution in [2.75, 3.05) is 14.0 Å². The van der Waals surface area contributed by atoms with E-state index in [1.807, 2.05) is 0 Å². The van der Waals surface area contributed by atoms with Crippen LogP contribution in [0.15, 0.2) is 48.5 Å². The second kappa shape index (κ2) is 10.9. The summed E-state index contributed by atoms with van der Waals surface area (Å²) >= 11 is 12.1. The molecular weight excluding hydrogens is 443 g/mol. The lowest BCUT2D eigenvalue weighted by Gasteiger charge is -2.36. The van der Waals surface area contributed by atoms with Gasteiger partial charge in [-0.1, -0.05) is 72.3 Å². The third-order valence-corrected chi connectivity index (χ3v) is 5.20. The minimum absolute atomic E-state index is 0.305. The number of hydrogen-bond donors (Lipinski definition) is 2. The Balaban J connectivity index is 0.000000296. The Morgan fingerprint density at radius 1 is 0.812 bits per heavy atom. The third kappa shape index (κ3) is 4.79. The molecule has 2 N–H and O–H groups in total. The Labute approximate surface area is 233 Å². The van der Waals surface area contributed by atoms with E-state index >= 15 is 0 Å². The van der Waals surface area contributed by atoms with Crippen LogP contribution < -0.4 is 10.6 Å². The van der Waals surface area contributed by atoms with Gasteiger partial charge in [0.15, 0.2) is 11.6 Å². The van der Waals surface area contributed by atoms with Gasteiger partial charge in [0, 0.05) is 52.9 Å². The van der Waals surface area contributed by atoms with Crippen molar-refractivity contribution in [1.82, 2.24) is 10.6 Å². The number of ketones is 2. The predicted molar refractivity (Wildman–Crippen MR) is 131 cm³/mol. The van der Waals surface area contributed by atoms with E-state index < -0.39 is 109 Å². The first-order valence-electron chi connectivity index (χ1n) is 20.3. The smallest absolute Gasteiger partial charge is 0.157 e. The summed E-state index contributed by atoms with van der Waals surface area (Å²) in [7, 11) is 0. The third-order valence-electron chi connectivity index (χ3n) is 4.54.